The first-order valence-electron chi connectivity index (χ1n) is 11.5. The van der Waals surface area contributed by atoms with Crippen LogP contribution < -0.4 is 10.1 Å². The normalized spacial score (nSPS) is 15.0. The number of sulfonamides is 1. The van der Waals surface area contributed by atoms with Crippen molar-refractivity contribution >= 4 is 32.4 Å². The second kappa shape index (κ2) is 10.7. The Hall–Kier alpha value is -2.75. The molecule has 2 heterocycles. The fraction of sp³-hybridized carbons (Fsp3) is 0.360. The number of amides is 1. The van der Waals surface area contributed by atoms with E-state index in [1.165, 1.54) is 23.5 Å². The average Bonchev–Trinajstić information content (AvgIpc) is 3.02. The molecule has 34 heavy (non-hydrogen) atoms. The van der Waals surface area contributed by atoms with E-state index in [1.807, 2.05) is 38.1 Å². The van der Waals surface area contributed by atoms with Gasteiger partial charge in [-0.2, -0.15) is 4.31 Å². The third kappa shape index (κ3) is 5.48. The smallest absolute Gasteiger partial charge is 0.257 e. The van der Waals surface area contributed by atoms with E-state index in [1.54, 1.807) is 16.4 Å². The molecule has 0 bridgehead atoms. The molecule has 0 unspecified atom stereocenters. The van der Waals surface area contributed by atoms with Crippen molar-refractivity contribution in [3.8, 4) is 17.0 Å². The minimum Gasteiger partial charge on any atom is -0.494 e. The first kappa shape index (κ1) is 24.4. The van der Waals surface area contributed by atoms with Gasteiger partial charge in [0.1, 0.15) is 5.75 Å². The Morgan fingerprint density at radius 1 is 1.03 bits per heavy atom. The van der Waals surface area contributed by atoms with Crippen LogP contribution in [0.4, 0.5) is 5.13 Å². The van der Waals surface area contributed by atoms with Crippen LogP contribution in [0.5, 0.6) is 5.75 Å². The van der Waals surface area contributed by atoms with Gasteiger partial charge in [-0.3, -0.25) is 10.1 Å². The average molecular weight is 500 g/mol. The Morgan fingerprint density at radius 2 is 1.68 bits per heavy atom. The molecule has 0 radical (unpaired) electrons. The summed E-state index contributed by atoms with van der Waals surface area (Å²) in [4.78, 5) is 18.6. The molecule has 0 spiro atoms. The molecule has 4 rings (SSSR count). The number of nitrogens with one attached hydrogen (secondary N) is 1. The number of anilines is 1. The summed E-state index contributed by atoms with van der Waals surface area (Å²) in [5.41, 5.74) is 2.13. The van der Waals surface area contributed by atoms with Crippen LogP contribution in [-0.2, 0) is 10.0 Å². The number of ether oxygens (including phenoxy) is 1. The Kier molecular flexibility index (Phi) is 7.65. The lowest BCUT2D eigenvalue weighted by Crippen LogP contribution is -2.31. The van der Waals surface area contributed by atoms with Crippen molar-refractivity contribution in [1.82, 2.24) is 9.29 Å². The molecule has 3 aromatic rings. The molecule has 1 amide bonds. The maximum absolute atomic E-state index is 13.0. The summed E-state index contributed by atoms with van der Waals surface area (Å²) in [5.74, 6) is 0.472. The zero-order valence-electron chi connectivity index (χ0n) is 19.4. The second-order valence-corrected chi connectivity index (χ2v) is 11.3. The zero-order valence-corrected chi connectivity index (χ0v) is 21.0. The second-order valence-electron chi connectivity index (χ2n) is 8.18. The SMILES string of the molecule is CCOc1ccc(-c2nc(NC(=O)c3ccc(S(=O)(=O)N4CCCCCC4)cc3)sc2C)cc1. The van der Waals surface area contributed by atoms with Crippen molar-refractivity contribution < 1.29 is 17.9 Å². The number of hydrogen-bond acceptors (Lipinski definition) is 6. The summed E-state index contributed by atoms with van der Waals surface area (Å²) in [6.45, 7) is 5.60. The molecule has 2 aromatic carbocycles. The highest BCUT2D eigenvalue weighted by molar-refractivity contribution is 7.89. The van der Waals surface area contributed by atoms with Gasteiger partial charge < -0.3 is 4.74 Å². The molecule has 1 fully saturated rings. The third-order valence-electron chi connectivity index (χ3n) is 5.78. The highest BCUT2D eigenvalue weighted by atomic mass is 32.2. The minimum atomic E-state index is -3.54. The summed E-state index contributed by atoms with van der Waals surface area (Å²) in [6.07, 6.45) is 3.88. The van der Waals surface area contributed by atoms with Gasteiger partial charge in [0, 0.05) is 29.1 Å². The number of rotatable bonds is 7. The first-order valence-corrected chi connectivity index (χ1v) is 13.8. The van der Waals surface area contributed by atoms with Crippen molar-refractivity contribution in [2.75, 3.05) is 25.0 Å². The summed E-state index contributed by atoms with van der Waals surface area (Å²) in [6, 6.07) is 13.8. The van der Waals surface area contributed by atoms with Crippen molar-refractivity contribution in [2.45, 2.75) is 44.4 Å². The Labute approximate surface area is 204 Å². The molecule has 0 aliphatic carbocycles. The van der Waals surface area contributed by atoms with Gasteiger partial charge in [-0.05, 0) is 75.2 Å². The number of carbonyl (C=O) groups excluding carboxylic acids is 1. The predicted octanol–water partition coefficient (Wildman–Crippen LogP) is 5.33. The molecule has 1 aromatic heterocycles. The van der Waals surface area contributed by atoms with Crippen molar-refractivity contribution in [2.24, 2.45) is 0 Å². The van der Waals surface area contributed by atoms with Crippen molar-refractivity contribution in [1.29, 1.82) is 0 Å². The van der Waals surface area contributed by atoms with Gasteiger partial charge in [0.2, 0.25) is 10.0 Å². The lowest BCUT2D eigenvalue weighted by Gasteiger charge is -2.20. The van der Waals surface area contributed by atoms with Crippen LogP contribution in [0.2, 0.25) is 0 Å². The number of benzene rings is 2. The molecule has 9 heteroatoms. The number of carbonyl (C=O) groups is 1. The van der Waals surface area contributed by atoms with E-state index in [-0.39, 0.29) is 10.8 Å². The van der Waals surface area contributed by atoms with Gasteiger partial charge in [-0.25, -0.2) is 13.4 Å². The maximum atomic E-state index is 13.0. The van der Waals surface area contributed by atoms with E-state index in [4.69, 9.17) is 4.74 Å². The fourth-order valence-electron chi connectivity index (χ4n) is 3.97. The number of hydrogen-bond donors (Lipinski definition) is 1. The van der Waals surface area contributed by atoms with E-state index in [0.29, 0.717) is 30.4 Å². The molecule has 1 saturated heterocycles. The molecule has 180 valence electrons. The zero-order chi connectivity index (χ0) is 24.1. The largest absolute Gasteiger partial charge is 0.494 e. The molecular formula is C25H29N3O4S2. The molecule has 7 nitrogen and oxygen atoms in total. The first-order chi connectivity index (χ1) is 16.4. The van der Waals surface area contributed by atoms with E-state index < -0.39 is 10.0 Å². The standard InChI is InChI=1S/C25H29N3O4S2/c1-3-32-21-12-8-19(9-13-21)23-18(2)33-25(26-23)27-24(29)20-10-14-22(15-11-20)34(30,31)28-16-6-4-5-7-17-28/h8-15H,3-7,16-17H2,1-2H3,(H,26,27,29). The topological polar surface area (TPSA) is 88.6 Å². The van der Waals surface area contributed by atoms with Crippen LogP contribution in [0.3, 0.4) is 0 Å². The Morgan fingerprint density at radius 3 is 2.29 bits per heavy atom. The quantitative estimate of drug-likeness (QED) is 0.474. The lowest BCUT2D eigenvalue weighted by molar-refractivity contribution is 0.102. The predicted molar refractivity (Wildman–Crippen MR) is 135 cm³/mol. The van der Waals surface area contributed by atoms with Gasteiger partial charge in [-0.15, -0.1) is 11.3 Å². The van der Waals surface area contributed by atoms with Crippen molar-refractivity contribution in [3.63, 3.8) is 0 Å². The summed E-state index contributed by atoms with van der Waals surface area (Å²) < 4.78 is 32.9. The lowest BCUT2D eigenvalue weighted by atomic mass is 10.1. The molecule has 1 N–H and O–H groups in total. The Balaban J connectivity index is 1.45. The number of thiazole rings is 1. The van der Waals surface area contributed by atoms with E-state index in [0.717, 1.165) is 47.6 Å². The van der Waals surface area contributed by atoms with Crippen LogP contribution in [0, 0.1) is 6.92 Å². The van der Waals surface area contributed by atoms with E-state index in [2.05, 4.69) is 10.3 Å². The molecule has 1 aliphatic rings. The van der Waals surface area contributed by atoms with Crippen LogP contribution >= 0.6 is 11.3 Å². The molecular weight excluding hydrogens is 470 g/mol. The van der Waals surface area contributed by atoms with Crippen LogP contribution in [0.15, 0.2) is 53.4 Å². The van der Waals surface area contributed by atoms with Crippen LogP contribution in [-0.4, -0.2) is 43.3 Å². The molecule has 1 aliphatic heterocycles. The maximum Gasteiger partial charge on any atom is 0.257 e. The van der Waals surface area contributed by atoms with Gasteiger partial charge >= 0.3 is 0 Å². The summed E-state index contributed by atoms with van der Waals surface area (Å²) in [5, 5.41) is 3.33. The van der Waals surface area contributed by atoms with Crippen molar-refractivity contribution in [3.05, 3.63) is 59.0 Å². The monoisotopic (exact) mass is 499 g/mol. The van der Waals surface area contributed by atoms with Gasteiger partial charge in [0.05, 0.1) is 17.2 Å². The minimum absolute atomic E-state index is 0.217. The highest BCUT2D eigenvalue weighted by Gasteiger charge is 2.25. The van der Waals surface area contributed by atoms with E-state index >= 15 is 0 Å². The third-order valence-corrected chi connectivity index (χ3v) is 8.57. The number of aryl methyl sites for hydroxylation is 1. The summed E-state index contributed by atoms with van der Waals surface area (Å²) >= 11 is 1.40. The Bertz CT molecular complexity index is 1230. The fourth-order valence-corrected chi connectivity index (χ4v) is 6.32. The summed E-state index contributed by atoms with van der Waals surface area (Å²) in [7, 11) is -3.54. The van der Waals surface area contributed by atoms with Gasteiger partial charge in [0.15, 0.2) is 5.13 Å². The molecule has 0 atom stereocenters. The van der Waals surface area contributed by atoms with E-state index in [9.17, 15) is 13.2 Å². The van der Waals surface area contributed by atoms with Gasteiger partial charge in [-0.1, -0.05) is 12.8 Å². The number of aromatic nitrogens is 1. The van der Waals surface area contributed by atoms with Crippen LogP contribution in [0.25, 0.3) is 11.3 Å². The van der Waals surface area contributed by atoms with Gasteiger partial charge in [0.25, 0.3) is 5.91 Å². The van der Waals surface area contributed by atoms with Crippen LogP contribution in [0.1, 0.15) is 47.8 Å². The highest BCUT2D eigenvalue weighted by Crippen LogP contribution is 2.31. The molecule has 0 saturated carbocycles. The number of nitrogens with zero attached hydrogens (tertiary/aromatic N) is 2.